The van der Waals surface area contributed by atoms with Crippen molar-refractivity contribution in [2.75, 3.05) is 34.2 Å². The number of nitrogens with zero attached hydrogens (tertiary/aromatic N) is 6. The molecule has 0 unspecified atom stereocenters. The summed E-state index contributed by atoms with van der Waals surface area (Å²) in [6.07, 6.45) is 3.60. The molecular weight excluding hydrogens is 410 g/mol. The smallest absolute Gasteiger partial charge is 0.282 e. The van der Waals surface area contributed by atoms with Crippen molar-refractivity contribution in [3.05, 3.63) is 34.2 Å². The first-order chi connectivity index (χ1) is 14.7. The van der Waals surface area contributed by atoms with Crippen LogP contribution in [0.15, 0.2) is 12.5 Å². The van der Waals surface area contributed by atoms with E-state index in [0.29, 0.717) is 11.6 Å². The number of likely N-dealkylation sites (N-methyl/N-ethyl adjacent to an activating group) is 2. The first-order valence-electron chi connectivity index (χ1n) is 10.4. The van der Waals surface area contributed by atoms with Crippen molar-refractivity contribution < 1.29 is 4.79 Å². The second kappa shape index (κ2) is 8.05. The van der Waals surface area contributed by atoms with Gasteiger partial charge in [-0.25, -0.2) is 14.5 Å². The third-order valence-corrected chi connectivity index (χ3v) is 6.73. The van der Waals surface area contributed by atoms with Crippen LogP contribution in [0, 0.1) is 13.8 Å². The van der Waals surface area contributed by atoms with Crippen molar-refractivity contribution in [2.45, 2.75) is 33.6 Å². The summed E-state index contributed by atoms with van der Waals surface area (Å²) in [5.74, 6) is 0.204. The predicted molar refractivity (Wildman–Crippen MR) is 125 cm³/mol. The topological polar surface area (TPSA) is 82.4 Å². The fourth-order valence-corrected chi connectivity index (χ4v) is 4.80. The molecule has 0 aromatic carbocycles. The van der Waals surface area contributed by atoms with Gasteiger partial charge in [0.2, 0.25) is 0 Å². The van der Waals surface area contributed by atoms with E-state index in [4.69, 9.17) is 4.98 Å². The minimum atomic E-state index is -0.0382. The fraction of sp³-hybridized carbons (Fsp3) is 0.455. The van der Waals surface area contributed by atoms with E-state index >= 15 is 0 Å². The molecule has 0 fully saturated rings. The number of H-pyrrole nitrogens is 1. The number of hydrogen-bond donors (Lipinski definition) is 1. The van der Waals surface area contributed by atoms with Gasteiger partial charge < -0.3 is 14.8 Å². The molecule has 1 amide bonds. The van der Waals surface area contributed by atoms with Gasteiger partial charge in [-0.3, -0.25) is 4.79 Å². The molecule has 0 spiro atoms. The van der Waals surface area contributed by atoms with Gasteiger partial charge in [-0.15, -0.1) is 0 Å². The number of rotatable bonds is 6. The summed E-state index contributed by atoms with van der Waals surface area (Å²) < 4.78 is 1.82. The van der Waals surface area contributed by atoms with Crippen LogP contribution in [0.1, 0.15) is 46.3 Å². The van der Waals surface area contributed by atoms with Crippen molar-refractivity contribution >= 4 is 33.2 Å². The zero-order valence-electron chi connectivity index (χ0n) is 19.1. The lowest BCUT2D eigenvalue weighted by molar-refractivity contribution is 0.0786. The number of thiazole rings is 1. The van der Waals surface area contributed by atoms with Crippen molar-refractivity contribution in [3.63, 3.8) is 0 Å². The summed E-state index contributed by atoms with van der Waals surface area (Å²) in [7, 11) is 5.83. The highest BCUT2D eigenvalue weighted by Gasteiger charge is 2.25. The molecule has 0 radical (unpaired) electrons. The Morgan fingerprint density at radius 2 is 1.94 bits per heavy atom. The number of carbonyl (C=O) groups is 1. The monoisotopic (exact) mass is 439 g/mol. The quantitative estimate of drug-likeness (QED) is 0.495. The Kier molecular flexibility index (Phi) is 5.57. The van der Waals surface area contributed by atoms with Gasteiger partial charge in [0.15, 0.2) is 10.7 Å². The van der Waals surface area contributed by atoms with E-state index in [2.05, 4.69) is 47.7 Å². The summed E-state index contributed by atoms with van der Waals surface area (Å²) in [5, 5.41) is 4.86. The molecule has 0 aliphatic rings. The van der Waals surface area contributed by atoms with E-state index in [1.54, 1.807) is 11.2 Å². The average Bonchev–Trinajstić information content (AvgIpc) is 3.41. The number of aromatic amines is 1. The van der Waals surface area contributed by atoms with Gasteiger partial charge in [0.05, 0.1) is 5.69 Å². The van der Waals surface area contributed by atoms with Crippen LogP contribution in [0.4, 0.5) is 0 Å². The summed E-state index contributed by atoms with van der Waals surface area (Å²) in [4.78, 5) is 30.3. The van der Waals surface area contributed by atoms with Crippen LogP contribution in [0.2, 0.25) is 0 Å². The normalized spacial score (nSPS) is 12.0. The number of fused-ring (bicyclic) bond motifs is 2. The van der Waals surface area contributed by atoms with Crippen LogP contribution in [-0.4, -0.2) is 74.5 Å². The third kappa shape index (κ3) is 3.72. The maximum atomic E-state index is 12.9. The number of nitrogens with one attached hydrogen (secondary N) is 1. The third-order valence-electron chi connectivity index (χ3n) is 5.78. The standard InChI is InChI=1S/C22H29N7OS/c1-12(2)16-17(15-10-29-19(23-11-24-29)14(4)13(15)3)25-20-18(16)26-21(31-20)22(30)28(7)9-8-27(5)6/h10-12,25H,8-9H2,1-7H3. The summed E-state index contributed by atoms with van der Waals surface area (Å²) >= 11 is 1.42. The predicted octanol–water partition coefficient (Wildman–Crippen LogP) is 3.71. The van der Waals surface area contributed by atoms with Crippen LogP contribution in [0.3, 0.4) is 0 Å². The van der Waals surface area contributed by atoms with E-state index in [1.807, 2.05) is 31.9 Å². The van der Waals surface area contributed by atoms with Crippen LogP contribution >= 0.6 is 11.3 Å². The number of hydrogen-bond acceptors (Lipinski definition) is 6. The molecule has 4 heterocycles. The molecule has 0 aliphatic heterocycles. The highest BCUT2D eigenvalue weighted by atomic mass is 32.1. The Bertz CT molecular complexity index is 1260. The van der Waals surface area contributed by atoms with E-state index in [-0.39, 0.29) is 11.8 Å². The Labute approximate surface area is 185 Å². The highest BCUT2D eigenvalue weighted by Crippen LogP contribution is 2.39. The lowest BCUT2D eigenvalue weighted by atomic mass is 9.96. The molecule has 164 valence electrons. The minimum absolute atomic E-state index is 0.0382. The number of carbonyl (C=O) groups excluding carboxylic acids is 1. The number of pyridine rings is 1. The molecule has 4 rings (SSSR count). The molecule has 8 nitrogen and oxygen atoms in total. The van der Waals surface area contributed by atoms with Crippen molar-refractivity contribution in [2.24, 2.45) is 0 Å². The van der Waals surface area contributed by atoms with E-state index in [0.717, 1.165) is 50.5 Å². The number of amides is 1. The largest absolute Gasteiger partial charge is 0.345 e. The lowest BCUT2D eigenvalue weighted by Gasteiger charge is -2.18. The molecule has 4 aromatic rings. The van der Waals surface area contributed by atoms with Gasteiger partial charge in [0.25, 0.3) is 5.91 Å². The fourth-order valence-electron chi connectivity index (χ4n) is 3.82. The zero-order valence-corrected chi connectivity index (χ0v) is 20.0. The van der Waals surface area contributed by atoms with E-state index in [1.165, 1.54) is 11.3 Å². The molecule has 0 aliphatic carbocycles. The highest BCUT2D eigenvalue weighted by molar-refractivity contribution is 7.20. The van der Waals surface area contributed by atoms with Crippen LogP contribution in [0.5, 0.6) is 0 Å². The van der Waals surface area contributed by atoms with Gasteiger partial charge in [0.1, 0.15) is 16.7 Å². The van der Waals surface area contributed by atoms with E-state index in [9.17, 15) is 4.79 Å². The van der Waals surface area contributed by atoms with E-state index < -0.39 is 0 Å². The molecule has 0 saturated carbocycles. The first kappa shape index (κ1) is 21.5. The maximum absolute atomic E-state index is 12.9. The molecule has 9 heteroatoms. The Morgan fingerprint density at radius 3 is 2.61 bits per heavy atom. The van der Waals surface area contributed by atoms with Crippen LogP contribution < -0.4 is 0 Å². The van der Waals surface area contributed by atoms with Gasteiger partial charge >= 0.3 is 0 Å². The van der Waals surface area contributed by atoms with Gasteiger partial charge in [0, 0.05) is 37.5 Å². The Hall–Kier alpha value is -2.78. The van der Waals surface area contributed by atoms with Crippen molar-refractivity contribution in [1.82, 2.24) is 34.4 Å². The summed E-state index contributed by atoms with van der Waals surface area (Å²) in [6, 6.07) is 0. The van der Waals surface area contributed by atoms with Gasteiger partial charge in [-0.1, -0.05) is 25.2 Å². The average molecular weight is 440 g/mol. The molecule has 1 N–H and O–H groups in total. The molecule has 0 atom stereocenters. The second-order valence-electron chi connectivity index (χ2n) is 8.62. The molecule has 0 bridgehead atoms. The molecule has 4 aromatic heterocycles. The minimum Gasteiger partial charge on any atom is -0.345 e. The second-order valence-corrected chi connectivity index (χ2v) is 9.62. The van der Waals surface area contributed by atoms with Gasteiger partial charge in [-0.05, 0) is 45.0 Å². The summed E-state index contributed by atoms with van der Waals surface area (Å²) in [6.45, 7) is 9.98. The maximum Gasteiger partial charge on any atom is 0.282 e. The zero-order chi connectivity index (χ0) is 22.4. The Morgan fingerprint density at radius 1 is 1.19 bits per heavy atom. The molecular formula is C22H29N7OS. The number of aromatic nitrogens is 5. The Balaban J connectivity index is 1.79. The van der Waals surface area contributed by atoms with Crippen molar-refractivity contribution in [3.8, 4) is 11.3 Å². The van der Waals surface area contributed by atoms with Gasteiger partial charge in [-0.2, -0.15) is 5.10 Å². The van der Waals surface area contributed by atoms with Crippen LogP contribution in [-0.2, 0) is 0 Å². The van der Waals surface area contributed by atoms with Crippen LogP contribution in [0.25, 0.3) is 27.3 Å². The molecule has 0 saturated heterocycles. The molecule has 31 heavy (non-hydrogen) atoms. The SMILES string of the molecule is Cc1c(-c2[nH]c3sc(C(=O)N(C)CCN(C)C)nc3c2C(C)C)cn2ncnc2c1C. The number of aryl methyl sites for hydroxylation is 1. The van der Waals surface area contributed by atoms with Crippen molar-refractivity contribution in [1.29, 1.82) is 0 Å². The summed E-state index contributed by atoms with van der Waals surface area (Å²) in [5.41, 5.74) is 7.28. The lowest BCUT2D eigenvalue weighted by Crippen LogP contribution is -2.33. The first-order valence-corrected chi connectivity index (χ1v) is 11.2.